The average Bonchev–Trinajstić information content (AvgIpc) is 1.65. The van der Waals surface area contributed by atoms with E-state index in [1.165, 1.54) is 7.05 Å². The fraction of sp³-hybridized carbons (Fsp3) is 0.500. The Morgan fingerprint density at radius 1 is 1.88 bits per heavy atom. The van der Waals surface area contributed by atoms with E-state index in [4.69, 9.17) is 10.8 Å². The maximum absolute atomic E-state index is 9.81. The molecule has 0 radical (unpaired) electrons. The predicted molar refractivity (Wildman–Crippen MR) is 29.8 cm³/mol. The van der Waals surface area contributed by atoms with Gasteiger partial charge in [0.05, 0.1) is 0 Å². The van der Waals surface area contributed by atoms with Crippen LogP contribution in [0.2, 0.25) is 0 Å². The Hall–Kier alpha value is -1.06. The Balaban J connectivity index is 3.56. The minimum absolute atomic E-state index is 0.150. The topological polar surface area (TPSA) is 75.7 Å². The van der Waals surface area contributed by atoms with Crippen molar-refractivity contribution >= 4 is 11.8 Å². The molecule has 4 nitrogen and oxygen atoms in total. The molecular weight excluding hydrogens is 108 g/mol. The first-order chi connectivity index (χ1) is 3.66. The molecule has 0 amide bonds. The summed E-state index contributed by atoms with van der Waals surface area (Å²) in [5.41, 5.74) is 5.04. The fourth-order valence-electron chi connectivity index (χ4n) is 0.234. The first-order valence-electron chi connectivity index (χ1n) is 2.09. The summed E-state index contributed by atoms with van der Waals surface area (Å²) in [5.74, 6) is -0.800. The van der Waals surface area contributed by atoms with Gasteiger partial charge in [-0.25, -0.2) is 0 Å². The van der Waals surface area contributed by atoms with E-state index in [0.717, 1.165) is 0 Å². The monoisotopic (exact) mass is 116 g/mol. The molecule has 0 fully saturated rings. The molecule has 8 heavy (non-hydrogen) atoms. The lowest BCUT2D eigenvalue weighted by Crippen LogP contribution is -2.15. The minimum Gasteiger partial charge on any atom is -0.481 e. The zero-order valence-corrected chi connectivity index (χ0v) is 4.59. The Kier molecular flexibility index (Phi) is 2.61. The van der Waals surface area contributed by atoms with E-state index in [-0.39, 0.29) is 12.3 Å². The lowest BCUT2D eigenvalue weighted by molar-refractivity contribution is -0.135. The number of carbonyl (C=O) groups is 1. The lowest BCUT2D eigenvalue weighted by atomic mass is 10.4. The van der Waals surface area contributed by atoms with E-state index in [1.54, 1.807) is 0 Å². The van der Waals surface area contributed by atoms with Crippen molar-refractivity contribution in [2.45, 2.75) is 6.42 Å². The number of amidine groups is 1. The van der Waals surface area contributed by atoms with Crippen LogP contribution in [0.4, 0.5) is 0 Å². The van der Waals surface area contributed by atoms with Crippen LogP contribution in [0.3, 0.4) is 0 Å². The summed E-state index contributed by atoms with van der Waals surface area (Å²) in [4.78, 5) is 13.2. The lowest BCUT2D eigenvalue weighted by Gasteiger charge is -1.89. The van der Waals surface area contributed by atoms with Crippen molar-refractivity contribution in [2.75, 3.05) is 7.05 Å². The molecule has 0 aliphatic carbocycles. The molecule has 46 valence electrons. The molecule has 0 heterocycles. The summed E-state index contributed by atoms with van der Waals surface area (Å²) in [6.45, 7) is 0. The van der Waals surface area contributed by atoms with Gasteiger partial charge in [0, 0.05) is 7.05 Å². The number of hydrogen-bond donors (Lipinski definition) is 2. The standard InChI is InChI=1S/C4H8N2O2/c1-6-3(5)2-4(7)8/h2H2,1H3,(H2,5,6)(H,7,8). The molecule has 0 spiro atoms. The first-order valence-corrected chi connectivity index (χ1v) is 2.09. The van der Waals surface area contributed by atoms with Crippen molar-refractivity contribution in [2.24, 2.45) is 10.7 Å². The average molecular weight is 116 g/mol. The molecule has 0 aromatic rings. The maximum atomic E-state index is 9.81. The van der Waals surface area contributed by atoms with Gasteiger partial charge in [0.1, 0.15) is 12.3 Å². The van der Waals surface area contributed by atoms with E-state index in [2.05, 4.69) is 4.99 Å². The number of rotatable bonds is 2. The van der Waals surface area contributed by atoms with Gasteiger partial charge >= 0.3 is 5.97 Å². The molecule has 0 bridgehead atoms. The van der Waals surface area contributed by atoms with Crippen molar-refractivity contribution in [3.63, 3.8) is 0 Å². The van der Waals surface area contributed by atoms with Crippen molar-refractivity contribution in [3.05, 3.63) is 0 Å². The number of nitrogens with zero attached hydrogens (tertiary/aromatic N) is 1. The van der Waals surface area contributed by atoms with Gasteiger partial charge in [-0.3, -0.25) is 9.79 Å². The molecule has 3 N–H and O–H groups in total. The van der Waals surface area contributed by atoms with E-state index < -0.39 is 5.97 Å². The van der Waals surface area contributed by atoms with E-state index in [9.17, 15) is 4.79 Å². The van der Waals surface area contributed by atoms with E-state index in [1.807, 2.05) is 0 Å². The van der Waals surface area contributed by atoms with E-state index in [0.29, 0.717) is 0 Å². The van der Waals surface area contributed by atoms with Crippen molar-refractivity contribution < 1.29 is 9.90 Å². The molecule has 0 atom stereocenters. The predicted octanol–water partition coefficient (Wildman–Crippen LogP) is -0.552. The van der Waals surface area contributed by atoms with Crippen LogP contribution >= 0.6 is 0 Å². The largest absolute Gasteiger partial charge is 0.481 e. The molecule has 0 aliphatic heterocycles. The van der Waals surface area contributed by atoms with Crippen LogP contribution in [0.1, 0.15) is 6.42 Å². The number of nitrogens with two attached hydrogens (primary N) is 1. The van der Waals surface area contributed by atoms with Gasteiger partial charge in [0.15, 0.2) is 0 Å². The molecular formula is C4H8N2O2. The van der Waals surface area contributed by atoms with Crippen LogP contribution in [-0.4, -0.2) is 24.0 Å². The summed E-state index contributed by atoms with van der Waals surface area (Å²) < 4.78 is 0. The van der Waals surface area contributed by atoms with Gasteiger partial charge < -0.3 is 10.8 Å². The summed E-state index contributed by atoms with van der Waals surface area (Å²) in [6.07, 6.45) is -0.170. The van der Waals surface area contributed by atoms with Gasteiger partial charge in [0.25, 0.3) is 0 Å². The molecule has 0 saturated heterocycles. The highest BCUT2D eigenvalue weighted by Gasteiger charge is 1.97. The summed E-state index contributed by atoms with van der Waals surface area (Å²) in [6, 6.07) is 0. The third-order valence-electron chi connectivity index (χ3n) is 0.620. The SMILES string of the molecule is CN=C(N)CC(=O)O. The van der Waals surface area contributed by atoms with Crippen molar-refractivity contribution in [1.82, 2.24) is 0 Å². The molecule has 0 unspecified atom stereocenters. The number of carboxylic acids is 1. The normalized spacial score (nSPS) is 11.4. The van der Waals surface area contributed by atoms with E-state index >= 15 is 0 Å². The number of hydrogen-bond acceptors (Lipinski definition) is 2. The quantitative estimate of drug-likeness (QED) is 0.375. The molecule has 0 saturated carbocycles. The summed E-state index contributed by atoms with van der Waals surface area (Å²) in [5, 5.41) is 8.05. The molecule has 0 aromatic carbocycles. The van der Waals surface area contributed by atoms with Crippen LogP contribution in [0, 0.1) is 0 Å². The number of aliphatic imine (C=N–C) groups is 1. The maximum Gasteiger partial charge on any atom is 0.310 e. The highest BCUT2D eigenvalue weighted by atomic mass is 16.4. The fourth-order valence-corrected chi connectivity index (χ4v) is 0.234. The van der Waals surface area contributed by atoms with Crippen LogP contribution < -0.4 is 5.73 Å². The molecule has 4 heteroatoms. The third kappa shape index (κ3) is 3.14. The Morgan fingerprint density at radius 2 is 2.38 bits per heavy atom. The Labute approximate surface area is 47.0 Å². The van der Waals surface area contributed by atoms with Crippen LogP contribution in [0.15, 0.2) is 4.99 Å². The third-order valence-corrected chi connectivity index (χ3v) is 0.620. The van der Waals surface area contributed by atoms with Gasteiger partial charge in [-0.15, -0.1) is 0 Å². The summed E-state index contributed by atoms with van der Waals surface area (Å²) in [7, 11) is 1.46. The van der Waals surface area contributed by atoms with Crippen LogP contribution in [0.5, 0.6) is 0 Å². The number of carboxylic acid groups (broad SMARTS) is 1. The zero-order chi connectivity index (χ0) is 6.57. The zero-order valence-electron chi connectivity index (χ0n) is 4.59. The van der Waals surface area contributed by atoms with Gasteiger partial charge in [-0.1, -0.05) is 0 Å². The smallest absolute Gasteiger partial charge is 0.310 e. The second-order valence-electron chi connectivity index (χ2n) is 1.29. The van der Waals surface area contributed by atoms with Crippen molar-refractivity contribution in [3.8, 4) is 0 Å². The molecule has 0 rings (SSSR count). The first kappa shape index (κ1) is 6.94. The highest BCUT2D eigenvalue weighted by molar-refractivity contribution is 5.95. The Bertz CT molecular complexity index is 119. The minimum atomic E-state index is -0.951. The number of aliphatic carboxylic acids is 1. The van der Waals surface area contributed by atoms with Gasteiger partial charge in [0.2, 0.25) is 0 Å². The molecule has 0 aliphatic rings. The van der Waals surface area contributed by atoms with Gasteiger partial charge in [-0.05, 0) is 0 Å². The van der Waals surface area contributed by atoms with Crippen molar-refractivity contribution in [1.29, 1.82) is 0 Å². The van der Waals surface area contributed by atoms with Crippen LogP contribution in [0.25, 0.3) is 0 Å². The second kappa shape index (κ2) is 3.01. The highest BCUT2D eigenvalue weighted by Crippen LogP contribution is 1.76. The Morgan fingerprint density at radius 3 is 2.50 bits per heavy atom. The van der Waals surface area contributed by atoms with Gasteiger partial charge in [-0.2, -0.15) is 0 Å². The van der Waals surface area contributed by atoms with Crippen LogP contribution in [-0.2, 0) is 4.79 Å². The molecule has 0 aromatic heterocycles. The summed E-state index contributed by atoms with van der Waals surface area (Å²) >= 11 is 0. The second-order valence-corrected chi connectivity index (χ2v) is 1.29.